The van der Waals surface area contributed by atoms with Crippen LogP contribution in [0.5, 0.6) is 11.5 Å². The number of carbonyl (C=O) groups excluding carboxylic acids is 2. The molecule has 0 saturated carbocycles. The average molecular weight is 369 g/mol. The number of Topliss-reactive ketones (excluding diaryl/α,β-unsaturated/α-hetero) is 2. The van der Waals surface area contributed by atoms with Crippen molar-refractivity contribution in [2.75, 3.05) is 26.1 Å². The van der Waals surface area contributed by atoms with Gasteiger partial charge in [-0.15, -0.1) is 0 Å². The first-order valence-corrected chi connectivity index (χ1v) is 9.04. The molecule has 2 rings (SSSR count). The largest absolute Gasteiger partial charge is 0.504 e. The second-order valence-electron chi connectivity index (χ2n) is 6.82. The van der Waals surface area contributed by atoms with Gasteiger partial charge in [0.2, 0.25) is 0 Å². The summed E-state index contributed by atoms with van der Waals surface area (Å²) in [6.07, 6.45) is 1.83. The summed E-state index contributed by atoms with van der Waals surface area (Å²) >= 11 is 0. The first-order valence-electron chi connectivity index (χ1n) is 9.04. The van der Waals surface area contributed by atoms with Crippen LogP contribution in [0.3, 0.4) is 0 Å². The molecule has 0 bridgehead atoms. The van der Waals surface area contributed by atoms with Crippen molar-refractivity contribution in [1.29, 1.82) is 0 Å². The number of aromatic hydroxyl groups is 1. The zero-order valence-corrected chi connectivity index (χ0v) is 16.2. The monoisotopic (exact) mass is 369 g/mol. The molecule has 27 heavy (non-hydrogen) atoms. The number of hydrogen-bond donors (Lipinski definition) is 1. The third-order valence-corrected chi connectivity index (χ3v) is 4.48. The number of methoxy groups -OCH3 is 1. The summed E-state index contributed by atoms with van der Waals surface area (Å²) in [7, 11) is 5.45. The first kappa shape index (κ1) is 20.5. The van der Waals surface area contributed by atoms with Gasteiger partial charge in [0.15, 0.2) is 11.5 Å². The van der Waals surface area contributed by atoms with E-state index in [4.69, 9.17) is 4.74 Å². The fourth-order valence-electron chi connectivity index (χ4n) is 2.80. The third-order valence-electron chi connectivity index (χ3n) is 4.48. The van der Waals surface area contributed by atoms with Crippen LogP contribution >= 0.6 is 0 Å². The topological polar surface area (TPSA) is 66.8 Å². The number of ketones is 2. The van der Waals surface area contributed by atoms with Crippen LogP contribution in [0.15, 0.2) is 42.5 Å². The Morgan fingerprint density at radius 2 is 1.48 bits per heavy atom. The molecule has 0 saturated heterocycles. The van der Waals surface area contributed by atoms with Gasteiger partial charge in [0.25, 0.3) is 0 Å². The van der Waals surface area contributed by atoms with Crippen LogP contribution in [-0.2, 0) is 22.4 Å². The summed E-state index contributed by atoms with van der Waals surface area (Å²) in [5.41, 5.74) is 3.11. The number of anilines is 1. The lowest BCUT2D eigenvalue weighted by Gasteiger charge is -2.12. The molecule has 0 heterocycles. The van der Waals surface area contributed by atoms with Crippen LogP contribution in [0.2, 0.25) is 0 Å². The highest BCUT2D eigenvalue weighted by molar-refractivity contribution is 5.99. The lowest BCUT2D eigenvalue weighted by Crippen LogP contribution is -2.10. The van der Waals surface area contributed by atoms with Crippen molar-refractivity contribution < 1.29 is 19.4 Å². The van der Waals surface area contributed by atoms with Gasteiger partial charge in [0.05, 0.1) is 13.5 Å². The number of aryl methyl sites for hydroxylation is 2. The molecule has 1 N–H and O–H groups in total. The predicted molar refractivity (Wildman–Crippen MR) is 107 cm³/mol. The molecule has 0 fully saturated rings. The Kier molecular flexibility index (Phi) is 7.41. The van der Waals surface area contributed by atoms with E-state index in [0.29, 0.717) is 31.4 Å². The molecule has 0 spiro atoms. The minimum absolute atomic E-state index is 0.0228. The number of rotatable bonds is 10. The van der Waals surface area contributed by atoms with Gasteiger partial charge >= 0.3 is 0 Å². The maximum absolute atomic E-state index is 12.1. The maximum atomic E-state index is 12.1. The van der Waals surface area contributed by atoms with Gasteiger partial charge in [0.1, 0.15) is 11.6 Å². The minimum atomic E-state index is -0.0602. The highest BCUT2D eigenvalue weighted by Crippen LogP contribution is 2.26. The van der Waals surface area contributed by atoms with Crippen molar-refractivity contribution in [2.24, 2.45) is 0 Å². The second kappa shape index (κ2) is 9.76. The van der Waals surface area contributed by atoms with E-state index in [1.807, 2.05) is 43.3 Å². The summed E-state index contributed by atoms with van der Waals surface area (Å²) in [6.45, 7) is 0. The van der Waals surface area contributed by atoms with Crippen molar-refractivity contribution >= 4 is 17.3 Å². The number of hydrogen-bond acceptors (Lipinski definition) is 5. The van der Waals surface area contributed by atoms with Crippen LogP contribution in [0.25, 0.3) is 0 Å². The highest BCUT2D eigenvalue weighted by atomic mass is 16.5. The predicted octanol–water partition coefficient (Wildman–Crippen LogP) is 3.56. The molecule has 0 aliphatic carbocycles. The summed E-state index contributed by atoms with van der Waals surface area (Å²) in [5, 5.41) is 9.59. The summed E-state index contributed by atoms with van der Waals surface area (Å²) in [4.78, 5) is 26.2. The number of phenols is 1. The number of nitrogens with zero attached hydrogens (tertiary/aromatic N) is 1. The maximum Gasteiger partial charge on any atom is 0.160 e. The fraction of sp³-hybridized carbons (Fsp3) is 0.364. The standard InChI is InChI=1S/C22H27NO4/c1-23(2)18-9-4-16(5-10-18)6-11-19(24)15-20(25)12-7-17-8-13-21(26)22(14-17)27-3/h4-5,8-10,13-14,26H,6-7,11-12,15H2,1-3H3. The smallest absolute Gasteiger partial charge is 0.160 e. The number of benzene rings is 2. The Morgan fingerprint density at radius 1 is 0.926 bits per heavy atom. The molecule has 0 amide bonds. The number of carbonyl (C=O) groups is 2. The highest BCUT2D eigenvalue weighted by Gasteiger charge is 2.11. The van der Waals surface area contributed by atoms with Crippen LogP contribution < -0.4 is 9.64 Å². The zero-order valence-electron chi connectivity index (χ0n) is 16.2. The molecule has 0 unspecified atom stereocenters. The van der Waals surface area contributed by atoms with E-state index in [0.717, 1.165) is 16.8 Å². The van der Waals surface area contributed by atoms with Crippen molar-refractivity contribution in [1.82, 2.24) is 0 Å². The Morgan fingerprint density at radius 3 is 2.04 bits per heavy atom. The van der Waals surface area contributed by atoms with Crippen LogP contribution in [0.4, 0.5) is 5.69 Å². The van der Waals surface area contributed by atoms with Gasteiger partial charge in [-0.2, -0.15) is 0 Å². The van der Waals surface area contributed by atoms with Crippen LogP contribution in [-0.4, -0.2) is 37.9 Å². The molecule has 0 aromatic heterocycles. The Hall–Kier alpha value is -2.82. The minimum Gasteiger partial charge on any atom is -0.504 e. The quantitative estimate of drug-likeness (QED) is 0.649. The molecule has 2 aromatic carbocycles. The van der Waals surface area contributed by atoms with Gasteiger partial charge in [-0.1, -0.05) is 18.2 Å². The molecule has 5 heteroatoms. The molecule has 5 nitrogen and oxygen atoms in total. The first-order chi connectivity index (χ1) is 12.9. The summed E-state index contributed by atoms with van der Waals surface area (Å²) in [5.74, 6) is 0.368. The molecule has 2 aromatic rings. The normalized spacial score (nSPS) is 10.5. The Bertz CT molecular complexity index is 781. The van der Waals surface area contributed by atoms with E-state index in [2.05, 4.69) is 0 Å². The van der Waals surface area contributed by atoms with Gasteiger partial charge in [-0.25, -0.2) is 0 Å². The number of ether oxygens (including phenoxy) is 1. The second-order valence-corrected chi connectivity index (χ2v) is 6.82. The molecule has 144 valence electrons. The third kappa shape index (κ3) is 6.44. The van der Waals surface area contributed by atoms with Gasteiger partial charge < -0.3 is 14.7 Å². The SMILES string of the molecule is COc1cc(CCC(=O)CC(=O)CCc2ccc(N(C)C)cc2)ccc1O. The van der Waals surface area contributed by atoms with Crippen molar-refractivity contribution in [3.8, 4) is 11.5 Å². The van der Waals surface area contributed by atoms with Crippen molar-refractivity contribution in [2.45, 2.75) is 32.1 Å². The molecule has 0 aliphatic heterocycles. The van der Waals surface area contributed by atoms with E-state index in [9.17, 15) is 14.7 Å². The van der Waals surface area contributed by atoms with Crippen LogP contribution in [0, 0.1) is 0 Å². The lowest BCUT2D eigenvalue weighted by atomic mass is 10.0. The average Bonchev–Trinajstić information content (AvgIpc) is 2.66. The van der Waals surface area contributed by atoms with E-state index in [1.54, 1.807) is 18.2 Å². The lowest BCUT2D eigenvalue weighted by molar-refractivity contribution is -0.126. The Balaban J connectivity index is 1.76. The molecule has 0 atom stereocenters. The van der Waals surface area contributed by atoms with E-state index in [1.165, 1.54) is 7.11 Å². The molecular weight excluding hydrogens is 342 g/mol. The number of phenolic OH excluding ortho intramolecular Hbond substituents is 1. The summed E-state index contributed by atoms with van der Waals surface area (Å²) < 4.78 is 5.06. The van der Waals surface area contributed by atoms with Crippen molar-refractivity contribution in [3.05, 3.63) is 53.6 Å². The van der Waals surface area contributed by atoms with Crippen LogP contribution in [0.1, 0.15) is 30.4 Å². The zero-order chi connectivity index (χ0) is 19.8. The Labute approximate surface area is 160 Å². The van der Waals surface area contributed by atoms with Gasteiger partial charge in [-0.3, -0.25) is 9.59 Å². The molecule has 0 radical (unpaired) electrons. The molecule has 0 aliphatic rings. The van der Waals surface area contributed by atoms with E-state index >= 15 is 0 Å². The molecular formula is C22H27NO4. The fourth-order valence-corrected chi connectivity index (χ4v) is 2.80. The van der Waals surface area contributed by atoms with Crippen molar-refractivity contribution in [3.63, 3.8) is 0 Å². The van der Waals surface area contributed by atoms with Gasteiger partial charge in [0, 0.05) is 32.6 Å². The van der Waals surface area contributed by atoms with Gasteiger partial charge in [-0.05, 0) is 48.2 Å². The van der Waals surface area contributed by atoms with E-state index < -0.39 is 0 Å². The van der Waals surface area contributed by atoms with E-state index in [-0.39, 0.29) is 23.7 Å². The summed E-state index contributed by atoms with van der Waals surface area (Å²) in [6, 6.07) is 13.1.